The van der Waals surface area contributed by atoms with Gasteiger partial charge in [0.2, 0.25) is 0 Å². The van der Waals surface area contributed by atoms with Crippen molar-refractivity contribution in [3.05, 3.63) is 41.0 Å². The Balaban J connectivity index is 1.87. The molecule has 6 nitrogen and oxygen atoms in total. The van der Waals surface area contributed by atoms with E-state index in [1.807, 2.05) is 24.3 Å². The summed E-state index contributed by atoms with van der Waals surface area (Å²) in [5.41, 5.74) is 1.44. The van der Waals surface area contributed by atoms with Crippen LogP contribution in [0.25, 0.3) is 10.9 Å². The molecule has 2 aromatic heterocycles. The minimum Gasteiger partial charge on any atom is -0.296 e. The van der Waals surface area contributed by atoms with Gasteiger partial charge in [0.05, 0.1) is 5.52 Å². The monoisotopic (exact) mass is 286 g/mol. The SMILES string of the molecule is CC(=O)c1csc(NC(=O)c2n[nH]c3ccccc23)n1. The fourth-order valence-corrected chi connectivity index (χ4v) is 2.53. The summed E-state index contributed by atoms with van der Waals surface area (Å²) in [6, 6.07) is 7.36. The molecule has 3 aromatic rings. The molecule has 0 radical (unpaired) electrons. The van der Waals surface area contributed by atoms with Gasteiger partial charge < -0.3 is 0 Å². The Kier molecular flexibility index (Phi) is 3.03. The van der Waals surface area contributed by atoms with Crippen LogP contribution in [0, 0.1) is 0 Å². The van der Waals surface area contributed by atoms with Crippen LogP contribution in [0.5, 0.6) is 0 Å². The van der Waals surface area contributed by atoms with Gasteiger partial charge in [-0.1, -0.05) is 18.2 Å². The van der Waals surface area contributed by atoms with E-state index >= 15 is 0 Å². The number of Topliss-reactive ketones (excluding diaryl/α,β-unsaturated/α-hetero) is 1. The maximum absolute atomic E-state index is 12.2. The molecule has 0 saturated heterocycles. The zero-order valence-corrected chi connectivity index (χ0v) is 11.3. The molecule has 1 amide bonds. The zero-order chi connectivity index (χ0) is 14.1. The molecule has 0 aliphatic heterocycles. The molecule has 0 unspecified atom stereocenters. The number of anilines is 1. The van der Waals surface area contributed by atoms with Crippen LogP contribution in [0.15, 0.2) is 29.6 Å². The van der Waals surface area contributed by atoms with Gasteiger partial charge in [-0.2, -0.15) is 5.10 Å². The molecule has 7 heteroatoms. The first-order valence-corrected chi connectivity index (χ1v) is 6.74. The van der Waals surface area contributed by atoms with Gasteiger partial charge in [-0.25, -0.2) is 4.98 Å². The van der Waals surface area contributed by atoms with Crippen molar-refractivity contribution in [1.82, 2.24) is 15.2 Å². The van der Waals surface area contributed by atoms with E-state index in [2.05, 4.69) is 20.5 Å². The van der Waals surface area contributed by atoms with Crippen LogP contribution in [-0.4, -0.2) is 26.9 Å². The third-order valence-corrected chi connectivity index (χ3v) is 3.53. The smallest absolute Gasteiger partial charge is 0.278 e. The molecule has 0 aliphatic carbocycles. The highest BCUT2D eigenvalue weighted by Crippen LogP contribution is 2.19. The quantitative estimate of drug-likeness (QED) is 0.724. The van der Waals surface area contributed by atoms with Crippen molar-refractivity contribution in [3.8, 4) is 0 Å². The molecule has 3 rings (SSSR count). The second-order valence-corrected chi connectivity index (χ2v) is 5.02. The van der Waals surface area contributed by atoms with E-state index in [0.29, 0.717) is 16.5 Å². The number of H-pyrrole nitrogens is 1. The summed E-state index contributed by atoms with van der Waals surface area (Å²) in [4.78, 5) is 27.4. The zero-order valence-electron chi connectivity index (χ0n) is 10.5. The highest BCUT2D eigenvalue weighted by atomic mass is 32.1. The normalized spacial score (nSPS) is 10.7. The topological polar surface area (TPSA) is 87.7 Å². The summed E-state index contributed by atoms with van der Waals surface area (Å²) >= 11 is 1.21. The van der Waals surface area contributed by atoms with Crippen molar-refractivity contribution < 1.29 is 9.59 Å². The fourth-order valence-electron chi connectivity index (χ4n) is 1.79. The molecular weight excluding hydrogens is 276 g/mol. The highest BCUT2D eigenvalue weighted by Gasteiger charge is 2.15. The van der Waals surface area contributed by atoms with Gasteiger partial charge in [-0.3, -0.25) is 20.0 Å². The van der Waals surface area contributed by atoms with Crippen molar-refractivity contribution in [2.75, 3.05) is 5.32 Å². The predicted octanol–water partition coefficient (Wildman–Crippen LogP) is 2.47. The number of nitrogens with one attached hydrogen (secondary N) is 2. The van der Waals surface area contributed by atoms with Crippen molar-refractivity contribution in [2.24, 2.45) is 0 Å². The number of thiazole rings is 1. The predicted molar refractivity (Wildman–Crippen MR) is 76.2 cm³/mol. The van der Waals surface area contributed by atoms with E-state index < -0.39 is 0 Å². The van der Waals surface area contributed by atoms with Crippen LogP contribution in [0.4, 0.5) is 5.13 Å². The van der Waals surface area contributed by atoms with E-state index in [-0.39, 0.29) is 11.7 Å². The Morgan fingerprint density at radius 1 is 1.30 bits per heavy atom. The second-order valence-electron chi connectivity index (χ2n) is 4.17. The molecular formula is C13H10N4O2S. The summed E-state index contributed by atoms with van der Waals surface area (Å²) < 4.78 is 0. The highest BCUT2D eigenvalue weighted by molar-refractivity contribution is 7.14. The number of para-hydroxylation sites is 1. The lowest BCUT2D eigenvalue weighted by atomic mass is 10.2. The van der Waals surface area contributed by atoms with Crippen LogP contribution in [0.1, 0.15) is 27.9 Å². The lowest BCUT2D eigenvalue weighted by molar-refractivity contribution is 0.100. The largest absolute Gasteiger partial charge is 0.296 e. The lowest BCUT2D eigenvalue weighted by Gasteiger charge is -1.98. The van der Waals surface area contributed by atoms with E-state index in [4.69, 9.17) is 0 Å². The number of aromatic nitrogens is 3. The Labute approximate surface area is 117 Å². The van der Waals surface area contributed by atoms with E-state index in [1.165, 1.54) is 18.3 Å². The molecule has 2 heterocycles. The van der Waals surface area contributed by atoms with Crippen LogP contribution in [0.2, 0.25) is 0 Å². The number of carbonyl (C=O) groups is 2. The molecule has 1 aromatic carbocycles. The molecule has 0 aliphatic rings. The van der Waals surface area contributed by atoms with Crippen molar-refractivity contribution >= 4 is 39.1 Å². The summed E-state index contributed by atoms with van der Waals surface area (Å²) in [6.45, 7) is 1.43. The molecule has 0 atom stereocenters. The Bertz CT molecular complexity index is 805. The van der Waals surface area contributed by atoms with E-state index in [0.717, 1.165) is 10.9 Å². The van der Waals surface area contributed by atoms with Crippen LogP contribution >= 0.6 is 11.3 Å². The number of aromatic amines is 1. The third kappa shape index (κ3) is 2.19. The number of nitrogens with zero attached hydrogens (tertiary/aromatic N) is 2. The lowest BCUT2D eigenvalue weighted by Crippen LogP contribution is -2.12. The van der Waals surface area contributed by atoms with Crippen LogP contribution < -0.4 is 5.32 Å². The maximum Gasteiger partial charge on any atom is 0.278 e. The minimum absolute atomic E-state index is 0.132. The van der Waals surface area contributed by atoms with Crippen LogP contribution in [0.3, 0.4) is 0 Å². The standard InChI is InChI=1S/C13H10N4O2S/c1-7(18)10-6-20-13(14-10)15-12(19)11-8-4-2-3-5-9(8)16-17-11/h2-6H,1H3,(H,16,17)(H,14,15,19). The molecule has 2 N–H and O–H groups in total. The Hall–Kier alpha value is -2.54. The summed E-state index contributed by atoms with van der Waals surface area (Å²) in [5.74, 6) is -0.487. The number of rotatable bonds is 3. The van der Waals surface area contributed by atoms with Gasteiger partial charge in [0, 0.05) is 17.7 Å². The van der Waals surface area contributed by atoms with Crippen molar-refractivity contribution in [1.29, 1.82) is 0 Å². The number of ketones is 1. The first kappa shape index (κ1) is 12.5. The number of hydrogen-bond acceptors (Lipinski definition) is 5. The molecule has 100 valence electrons. The number of hydrogen-bond donors (Lipinski definition) is 2. The van der Waals surface area contributed by atoms with Gasteiger partial charge in [0.15, 0.2) is 16.6 Å². The van der Waals surface area contributed by atoms with Crippen LogP contribution in [-0.2, 0) is 0 Å². The average molecular weight is 286 g/mol. The Morgan fingerprint density at radius 3 is 2.85 bits per heavy atom. The molecule has 0 fully saturated rings. The summed E-state index contributed by atoms with van der Waals surface area (Å²) in [6.07, 6.45) is 0. The molecule has 0 spiro atoms. The fraction of sp³-hybridized carbons (Fsp3) is 0.0769. The van der Waals surface area contributed by atoms with E-state index in [9.17, 15) is 9.59 Å². The first-order valence-electron chi connectivity index (χ1n) is 5.86. The van der Waals surface area contributed by atoms with Gasteiger partial charge in [0.25, 0.3) is 5.91 Å². The van der Waals surface area contributed by atoms with Gasteiger partial charge in [0.1, 0.15) is 5.69 Å². The maximum atomic E-state index is 12.2. The minimum atomic E-state index is -0.355. The van der Waals surface area contributed by atoms with Crippen molar-refractivity contribution in [3.63, 3.8) is 0 Å². The second kappa shape index (κ2) is 4.86. The molecule has 0 saturated carbocycles. The third-order valence-electron chi connectivity index (χ3n) is 2.77. The number of fused-ring (bicyclic) bond motifs is 1. The number of benzene rings is 1. The summed E-state index contributed by atoms with van der Waals surface area (Å²) in [7, 11) is 0. The average Bonchev–Trinajstić information content (AvgIpc) is 3.04. The number of amides is 1. The van der Waals surface area contributed by atoms with Crippen molar-refractivity contribution in [2.45, 2.75) is 6.92 Å². The summed E-state index contributed by atoms with van der Waals surface area (Å²) in [5, 5.41) is 12.2. The van der Waals surface area contributed by atoms with Gasteiger partial charge in [-0.15, -0.1) is 11.3 Å². The Morgan fingerprint density at radius 2 is 2.10 bits per heavy atom. The number of carbonyl (C=O) groups excluding carboxylic acids is 2. The first-order chi connectivity index (χ1) is 9.65. The molecule has 0 bridgehead atoms. The van der Waals surface area contributed by atoms with E-state index in [1.54, 1.807) is 5.38 Å². The molecule has 20 heavy (non-hydrogen) atoms. The van der Waals surface area contributed by atoms with Gasteiger partial charge in [-0.05, 0) is 6.07 Å². The van der Waals surface area contributed by atoms with Gasteiger partial charge >= 0.3 is 0 Å².